The second-order valence-electron chi connectivity index (χ2n) is 6.25. The highest BCUT2D eigenvalue weighted by atomic mass is 32.2. The predicted octanol–water partition coefficient (Wildman–Crippen LogP) is 4.65. The van der Waals surface area contributed by atoms with Crippen LogP contribution in [0.1, 0.15) is 26.3 Å². The highest BCUT2D eigenvalue weighted by Crippen LogP contribution is 2.40. The Kier molecular flexibility index (Phi) is 5.65. The van der Waals surface area contributed by atoms with Crippen LogP contribution in [0.4, 0.5) is 10.1 Å². The maximum atomic E-state index is 13.2. The first kappa shape index (κ1) is 19.2. The Morgan fingerprint density at radius 1 is 1.00 bits per heavy atom. The summed E-state index contributed by atoms with van der Waals surface area (Å²) < 4.78 is 18.7. The maximum Gasteiger partial charge on any atom is 0.272 e. The van der Waals surface area contributed by atoms with Crippen LogP contribution in [0.3, 0.4) is 0 Å². The minimum Gasteiger partial charge on any atom is -0.494 e. The summed E-state index contributed by atoms with van der Waals surface area (Å²) >= 11 is 1.36. The number of carbonyl (C=O) groups excluding carboxylic acids is 2. The zero-order valence-corrected chi connectivity index (χ0v) is 16.2. The van der Waals surface area contributed by atoms with Gasteiger partial charge in [0.1, 0.15) is 11.6 Å². The summed E-state index contributed by atoms with van der Waals surface area (Å²) in [4.78, 5) is 27.6. The summed E-state index contributed by atoms with van der Waals surface area (Å²) in [6.45, 7) is 6.37. The molecule has 0 aromatic heterocycles. The zero-order chi connectivity index (χ0) is 19.6. The van der Waals surface area contributed by atoms with Gasteiger partial charge in [0.25, 0.3) is 11.8 Å². The number of imide groups is 1. The third-order valence-electron chi connectivity index (χ3n) is 3.93. The lowest BCUT2D eigenvalue weighted by atomic mass is 10.1. The number of rotatable bonds is 6. The molecule has 2 aromatic carbocycles. The molecular formula is C21H20FNO3S. The van der Waals surface area contributed by atoms with Crippen LogP contribution in [-0.2, 0) is 9.59 Å². The number of anilines is 1. The molecule has 27 heavy (non-hydrogen) atoms. The molecule has 0 N–H and O–H groups in total. The van der Waals surface area contributed by atoms with E-state index < -0.39 is 11.7 Å². The Labute approximate surface area is 162 Å². The Morgan fingerprint density at radius 2 is 1.63 bits per heavy atom. The van der Waals surface area contributed by atoms with E-state index in [0.29, 0.717) is 34.1 Å². The summed E-state index contributed by atoms with van der Waals surface area (Å²) in [5, 5.41) is 0.127. The van der Waals surface area contributed by atoms with Crippen molar-refractivity contribution in [2.75, 3.05) is 11.5 Å². The SMILES string of the molecule is CCOc1ccc(C2=C(SC(C)C)C(=O)N(c3ccc(F)cc3)C2=O)cc1. The Morgan fingerprint density at radius 3 is 2.19 bits per heavy atom. The van der Waals surface area contributed by atoms with Gasteiger partial charge in [-0.1, -0.05) is 26.0 Å². The number of halogens is 1. The Hall–Kier alpha value is -2.60. The summed E-state index contributed by atoms with van der Waals surface area (Å²) in [6, 6.07) is 12.5. The molecule has 0 fully saturated rings. The highest BCUT2D eigenvalue weighted by molar-refractivity contribution is 8.04. The van der Waals surface area contributed by atoms with Gasteiger partial charge in [-0.2, -0.15) is 0 Å². The van der Waals surface area contributed by atoms with Crippen LogP contribution in [0.2, 0.25) is 0 Å². The molecule has 1 aliphatic rings. The number of ether oxygens (including phenoxy) is 1. The van der Waals surface area contributed by atoms with Gasteiger partial charge in [-0.25, -0.2) is 9.29 Å². The van der Waals surface area contributed by atoms with Crippen molar-refractivity contribution in [1.82, 2.24) is 0 Å². The molecule has 140 valence electrons. The van der Waals surface area contributed by atoms with E-state index in [1.807, 2.05) is 20.8 Å². The molecule has 4 nitrogen and oxygen atoms in total. The monoisotopic (exact) mass is 385 g/mol. The summed E-state index contributed by atoms with van der Waals surface area (Å²) in [5.74, 6) is -0.505. The molecule has 0 radical (unpaired) electrons. The second kappa shape index (κ2) is 7.96. The lowest BCUT2D eigenvalue weighted by Gasteiger charge is -2.15. The molecule has 0 spiro atoms. The fourth-order valence-electron chi connectivity index (χ4n) is 2.82. The molecule has 0 saturated heterocycles. The zero-order valence-electron chi connectivity index (χ0n) is 15.4. The first-order chi connectivity index (χ1) is 12.9. The third-order valence-corrected chi connectivity index (χ3v) is 5.02. The average Bonchev–Trinajstić information content (AvgIpc) is 2.87. The van der Waals surface area contributed by atoms with Gasteiger partial charge in [0.2, 0.25) is 0 Å². The second-order valence-corrected chi connectivity index (χ2v) is 7.84. The average molecular weight is 385 g/mol. The van der Waals surface area contributed by atoms with Crippen LogP contribution in [0.25, 0.3) is 5.57 Å². The van der Waals surface area contributed by atoms with Crippen LogP contribution < -0.4 is 9.64 Å². The quantitative estimate of drug-likeness (QED) is 0.679. The fraction of sp³-hybridized carbons (Fsp3) is 0.238. The van der Waals surface area contributed by atoms with Gasteiger partial charge < -0.3 is 4.74 Å². The van der Waals surface area contributed by atoms with Crippen LogP contribution in [-0.4, -0.2) is 23.7 Å². The van der Waals surface area contributed by atoms with Gasteiger partial charge in [-0.05, 0) is 48.9 Å². The molecule has 1 aliphatic heterocycles. The van der Waals surface area contributed by atoms with Gasteiger partial charge in [0.15, 0.2) is 0 Å². The molecule has 6 heteroatoms. The topological polar surface area (TPSA) is 46.6 Å². The fourth-order valence-corrected chi connectivity index (χ4v) is 3.80. The maximum absolute atomic E-state index is 13.2. The number of thioether (sulfide) groups is 1. The summed E-state index contributed by atoms with van der Waals surface area (Å²) in [5.41, 5.74) is 1.38. The normalized spacial score (nSPS) is 14.5. The van der Waals surface area contributed by atoms with E-state index in [4.69, 9.17) is 4.74 Å². The van der Waals surface area contributed by atoms with Gasteiger partial charge in [-0.3, -0.25) is 9.59 Å². The van der Waals surface area contributed by atoms with Crippen molar-refractivity contribution in [3.63, 3.8) is 0 Å². The van der Waals surface area contributed by atoms with E-state index in [2.05, 4.69) is 0 Å². The van der Waals surface area contributed by atoms with Gasteiger partial charge in [0, 0.05) is 5.25 Å². The molecule has 0 aliphatic carbocycles. The van der Waals surface area contributed by atoms with E-state index in [9.17, 15) is 14.0 Å². The summed E-state index contributed by atoms with van der Waals surface area (Å²) in [6.07, 6.45) is 0. The van der Waals surface area contributed by atoms with Crippen LogP contribution in [0.15, 0.2) is 53.4 Å². The number of hydrogen-bond donors (Lipinski definition) is 0. The smallest absolute Gasteiger partial charge is 0.272 e. The van der Waals surface area contributed by atoms with Crippen molar-refractivity contribution < 1.29 is 18.7 Å². The molecule has 1 heterocycles. The molecule has 0 atom stereocenters. The van der Waals surface area contributed by atoms with Crippen molar-refractivity contribution in [3.8, 4) is 5.75 Å². The number of carbonyl (C=O) groups is 2. The van der Waals surface area contributed by atoms with Crippen molar-refractivity contribution in [2.45, 2.75) is 26.0 Å². The van der Waals surface area contributed by atoms with Crippen molar-refractivity contribution in [3.05, 3.63) is 64.8 Å². The first-order valence-electron chi connectivity index (χ1n) is 8.71. The molecule has 0 bridgehead atoms. The van der Waals surface area contributed by atoms with E-state index in [1.165, 1.54) is 36.0 Å². The lowest BCUT2D eigenvalue weighted by molar-refractivity contribution is -0.119. The molecular weight excluding hydrogens is 365 g/mol. The molecule has 2 aromatic rings. The largest absolute Gasteiger partial charge is 0.494 e. The van der Waals surface area contributed by atoms with Crippen LogP contribution in [0, 0.1) is 5.82 Å². The predicted molar refractivity (Wildman–Crippen MR) is 106 cm³/mol. The van der Waals surface area contributed by atoms with Crippen molar-refractivity contribution >= 4 is 34.8 Å². The van der Waals surface area contributed by atoms with Gasteiger partial charge >= 0.3 is 0 Å². The highest BCUT2D eigenvalue weighted by Gasteiger charge is 2.40. The van der Waals surface area contributed by atoms with Crippen LogP contribution >= 0.6 is 11.8 Å². The van der Waals surface area contributed by atoms with E-state index in [1.54, 1.807) is 24.3 Å². The molecule has 0 unspecified atom stereocenters. The minimum absolute atomic E-state index is 0.127. The number of nitrogens with zero attached hydrogens (tertiary/aromatic N) is 1. The van der Waals surface area contributed by atoms with E-state index in [-0.39, 0.29) is 11.2 Å². The van der Waals surface area contributed by atoms with Crippen LogP contribution in [0.5, 0.6) is 5.75 Å². The Balaban J connectivity index is 2.03. The lowest BCUT2D eigenvalue weighted by Crippen LogP contribution is -2.31. The van der Waals surface area contributed by atoms with E-state index in [0.717, 1.165) is 4.90 Å². The van der Waals surface area contributed by atoms with Crippen molar-refractivity contribution in [2.24, 2.45) is 0 Å². The first-order valence-corrected chi connectivity index (χ1v) is 9.58. The standard InChI is InChI=1S/C21H20FNO3S/c1-4-26-17-11-5-14(6-12-17)18-19(27-13(2)3)21(25)23(20(18)24)16-9-7-15(22)8-10-16/h5-13H,4H2,1-3H3. The molecule has 3 rings (SSSR count). The van der Waals surface area contributed by atoms with Gasteiger partial charge in [-0.15, -0.1) is 11.8 Å². The number of benzene rings is 2. The third kappa shape index (κ3) is 3.90. The molecule has 0 saturated carbocycles. The van der Waals surface area contributed by atoms with Gasteiger partial charge in [0.05, 0.1) is 22.8 Å². The number of amides is 2. The Bertz CT molecular complexity index is 889. The summed E-state index contributed by atoms with van der Waals surface area (Å²) in [7, 11) is 0. The van der Waals surface area contributed by atoms with Crippen molar-refractivity contribution in [1.29, 1.82) is 0 Å². The van der Waals surface area contributed by atoms with E-state index >= 15 is 0 Å². The minimum atomic E-state index is -0.422. The number of hydrogen-bond acceptors (Lipinski definition) is 4. The molecule has 2 amide bonds.